The third-order valence-corrected chi connectivity index (χ3v) is 2.52. The molecular weight excluding hydrogens is 206 g/mol. The minimum atomic E-state index is -0.844. The molecule has 0 aliphatic heterocycles. The molecule has 0 amide bonds. The van der Waals surface area contributed by atoms with Crippen LogP contribution in [0.3, 0.4) is 0 Å². The Hall–Kier alpha value is -2.04. The average molecular weight is 219 g/mol. The van der Waals surface area contributed by atoms with E-state index in [1.165, 1.54) is 0 Å². The SMILES string of the molecule is CCC(Nc1cccc2[nH]ncc12)C(=O)O. The first kappa shape index (κ1) is 10.5. The van der Waals surface area contributed by atoms with Gasteiger partial charge in [-0.05, 0) is 18.6 Å². The van der Waals surface area contributed by atoms with Crippen molar-refractivity contribution in [2.75, 3.05) is 5.32 Å². The molecule has 2 rings (SSSR count). The Bertz CT molecular complexity index is 507. The first-order valence-corrected chi connectivity index (χ1v) is 5.13. The number of hydrogen-bond donors (Lipinski definition) is 3. The van der Waals surface area contributed by atoms with Crippen LogP contribution in [0.5, 0.6) is 0 Å². The molecule has 0 fully saturated rings. The quantitative estimate of drug-likeness (QED) is 0.733. The van der Waals surface area contributed by atoms with Crippen molar-refractivity contribution >= 4 is 22.6 Å². The number of nitrogens with one attached hydrogen (secondary N) is 2. The molecule has 1 aromatic heterocycles. The second-order valence-electron chi connectivity index (χ2n) is 3.58. The number of nitrogens with zero attached hydrogens (tertiary/aromatic N) is 1. The van der Waals surface area contributed by atoms with Gasteiger partial charge in [-0.25, -0.2) is 4.79 Å². The molecule has 0 saturated carbocycles. The van der Waals surface area contributed by atoms with Crippen molar-refractivity contribution in [3.05, 3.63) is 24.4 Å². The molecule has 84 valence electrons. The van der Waals surface area contributed by atoms with Crippen LogP contribution in [0.2, 0.25) is 0 Å². The summed E-state index contributed by atoms with van der Waals surface area (Å²) in [6.45, 7) is 1.83. The van der Waals surface area contributed by atoms with Gasteiger partial charge in [0.05, 0.1) is 11.7 Å². The highest BCUT2D eigenvalue weighted by atomic mass is 16.4. The lowest BCUT2D eigenvalue weighted by atomic mass is 10.1. The topological polar surface area (TPSA) is 78.0 Å². The van der Waals surface area contributed by atoms with Crippen LogP contribution in [0.15, 0.2) is 24.4 Å². The second kappa shape index (κ2) is 4.22. The number of carboxylic acid groups (broad SMARTS) is 1. The van der Waals surface area contributed by atoms with Crippen molar-refractivity contribution in [1.29, 1.82) is 0 Å². The summed E-state index contributed by atoms with van der Waals surface area (Å²) in [5.74, 6) is -0.844. The van der Waals surface area contributed by atoms with Crippen molar-refractivity contribution in [3.8, 4) is 0 Å². The lowest BCUT2D eigenvalue weighted by Crippen LogP contribution is -2.28. The molecule has 1 aromatic carbocycles. The van der Waals surface area contributed by atoms with Crippen LogP contribution < -0.4 is 5.32 Å². The molecule has 1 atom stereocenters. The van der Waals surface area contributed by atoms with Gasteiger partial charge < -0.3 is 10.4 Å². The highest BCUT2D eigenvalue weighted by molar-refractivity contribution is 5.92. The molecule has 5 heteroatoms. The second-order valence-corrected chi connectivity index (χ2v) is 3.58. The third kappa shape index (κ3) is 1.84. The highest BCUT2D eigenvalue weighted by Crippen LogP contribution is 2.22. The summed E-state index contributed by atoms with van der Waals surface area (Å²) in [6, 6.07) is 5.04. The number of hydrogen-bond acceptors (Lipinski definition) is 3. The van der Waals surface area contributed by atoms with E-state index >= 15 is 0 Å². The number of rotatable bonds is 4. The molecule has 0 aliphatic carbocycles. The van der Waals surface area contributed by atoms with Gasteiger partial charge in [0.15, 0.2) is 0 Å². The van der Waals surface area contributed by atoms with Crippen LogP contribution in [0, 0.1) is 0 Å². The Morgan fingerprint density at radius 1 is 1.62 bits per heavy atom. The zero-order chi connectivity index (χ0) is 11.5. The summed E-state index contributed by atoms with van der Waals surface area (Å²) in [6.07, 6.45) is 2.22. The number of carbonyl (C=O) groups is 1. The Morgan fingerprint density at radius 3 is 3.12 bits per heavy atom. The van der Waals surface area contributed by atoms with Gasteiger partial charge >= 0.3 is 5.97 Å². The number of anilines is 1. The van der Waals surface area contributed by atoms with Crippen molar-refractivity contribution < 1.29 is 9.90 Å². The first-order valence-electron chi connectivity index (χ1n) is 5.13. The predicted molar refractivity (Wildman–Crippen MR) is 61.4 cm³/mol. The molecule has 0 spiro atoms. The number of fused-ring (bicyclic) bond motifs is 1. The molecule has 0 aliphatic rings. The van der Waals surface area contributed by atoms with Gasteiger partial charge in [-0.2, -0.15) is 5.10 Å². The van der Waals surface area contributed by atoms with Crippen LogP contribution in [0.4, 0.5) is 5.69 Å². The van der Waals surface area contributed by atoms with Crippen LogP contribution >= 0.6 is 0 Å². The van der Waals surface area contributed by atoms with Crippen LogP contribution in [-0.4, -0.2) is 27.3 Å². The third-order valence-electron chi connectivity index (χ3n) is 2.52. The summed E-state index contributed by atoms with van der Waals surface area (Å²) in [5.41, 5.74) is 1.69. The lowest BCUT2D eigenvalue weighted by Gasteiger charge is -2.14. The normalized spacial score (nSPS) is 12.6. The maximum atomic E-state index is 10.9. The van der Waals surface area contributed by atoms with Gasteiger partial charge in [-0.3, -0.25) is 5.10 Å². The molecule has 1 heterocycles. The van der Waals surface area contributed by atoms with Crippen molar-refractivity contribution in [3.63, 3.8) is 0 Å². The fraction of sp³-hybridized carbons (Fsp3) is 0.273. The fourth-order valence-electron chi connectivity index (χ4n) is 1.62. The molecule has 2 aromatic rings. The average Bonchev–Trinajstić information content (AvgIpc) is 2.73. The maximum Gasteiger partial charge on any atom is 0.326 e. The van der Waals surface area contributed by atoms with Gasteiger partial charge in [0.1, 0.15) is 6.04 Å². The summed E-state index contributed by atoms with van der Waals surface area (Å²) >= 11 is 0. The van der Waals surface area contributed by atoms with Gasteiger partial charge in [-0.15, -0.1) is 0 Å². The summed E-state index contributed by atoms with van der Waals surface area (Å²) in [4.78, 5) is 10.9. The van der Waals surface area contributed by atoms with Gasteiger partial charge in [-0.1, -0.05) is 13.0 Å². The van der Waals surface area contributed by atoms with E-state index in [0.29, 0.717) is 6.42 Å². The van der Waals surface area contributed by atoms with Gasteiger partial charge in [0, 0.05) is 11.1 Å². The van der Waals surface area contributed by atoms with E-state index in [0.717, 1.165) is 16.6 Å². The zero-order valence-electron chi connectivity index (χ0n) is 8.90. The Morgan fingerprint density at radius 2 is 2.44 bits per heavy atom. The van der Waals surface area contributed by atoms with E-state index in [1.54, 1.807) is 6.20 Å². The minimum absolute atomic E-state index is 0.531. The highest BCUT2D eigenvalue weighted by Gasteiger charge is 2.15. The smallest absolute Gasteiger partial charge is 0.326 e. The largest absolute Gasteiger partial charge is 0.480 e. The van der Waals surface area contributed by atoms with E-state index in [9.17, 15) is 4.79 Å². The summed E-state index contributed by atoms with van der Waals surface area (Å²) in [7, 11) is 0. The van der Waals surface area contributed by atoms with Gasteiger partial charge in [0.2, 0.25) is 0 Å². The molecule has 0 saturated heterocycles. The Labute approximate surface area is 92.5 Å². The standard InChI is InChI=1S/C11H13N3O2/c1-2-8(11(15)16)13-9-4-3-5-10-7(9)6-12-14-10/h3-6,8,13H,2H2,1H3,(H,12,14)(H,15,16). The van der Waals surface area contributed by atoms with E-state index in [1.807, 2.05) is 25.1 Å². The molecule has 0 radical (unpaired) electrons. The Kier molecular flexibility index (Phi) is 2.76. The van der Waals surface area contributed by atoms with Gasteiger partial charge in [0.25, 0.3) is 0 Å². The minimum Gasteiger partial charge on any atom is -0.480 e. The number of aromatic amines is 1. The Balaban J connectivity index is 2.33. The summed E-state index contributed by atoms with van der Waals surface area (Å²) < 4.78 is 0. The van der Waals surface area contributed by atoms with Crippen LogP contribution in [-0.2, 0) is 4.79 Å². The molecule has 16 heavy (non-hydrogen) atoms. The number of aromatic nitrogens is 2. The molecule has 0 bridgehead atoms. The zero-order valence-corrected chi connectivity index (χ0v) is 8.90. The van der Waals surface area contributed by atoms with Crippen molar-refractivity contribution in [2.45, 2.75) is 19.4 Å². The number of carboxylic acids is 1. The number of H-pyrrole nitrogens is 1. The number of benzene rings is 1. The van der Waals surface area contributed by atoms with E-state index in [4.69, 9.17) is 5.11 Å². The monoisotopic (exact) mass is 219 g/mol. The molecular formula is C11H13N3O2. The molecule has 5 nitrogen and oxygen atoms in total. The first-order chi connectivity index (χ1) is 7.72. The molecule has 1 unspecified atom stereocenters. The molecule has 3 N–H and O–H groups in total. The van der Waals surface area contributed by atoms with Crippen LogP contribution in [0.1, 0.15) is 13.3 Å². The maximum absolute atomic E-state index is 10.9. The lowest BCUT2D eigenvalue weighted by molar-refractivity contribution is -0.137. The summed E-state index contributed by atoms with van der Waals surface area (Å²) in [5, 5.41) is 19.6. The van der Waals surface area contributed by atoms with Crippen LogP contribution in [0.25, 0.3) is 10.9 Å². The predicted octanol–water partition coefficient (Wildman–Crippen LogP) is 1.84. The van der Waals surface area contributed by atoms with Crippen molar-refractivity contribution in [2.24, 2.45) is 0 Å². The van der Waals surface area contributed by atoms with E-state index < -0.39 is 12.0 Å². The fourth-order valence-corrected chi connectivity index (χ4v) is 1.62. The van der Waals surface area contributed by atoms with E-state index in [2.05, 4.69) is 15.5 Å². The van der Waals surface area contributed by atoms with Crippen molar-refractivity contribution in [1.82, 2.24) is 10.2 Å². The number of aliphatic carboxylic acids is 1. The van der Waals surface area contributed by atoms with E-state index in [-0.39, 0.29) is 0 Å².